The number of hydrogen-bond acceptors (Lipinski definition) is 1. The van der Waals surface area contributed by atoms with Crippen molar-refractivity contribution in [1.29, 1.82) is 0 Å². The van der Waals surface area contributed by atoms with Crippen LogP contribution in [0, 0.1) is 0 Å². The van der Waals surface area contributed by atoms with Crippen LogP contribution in [0.2, 0.25) is 0 Å². The zero-order valence-electron chi connectivity index (χ0n) is 7.55. The second-order valence-corrected chi connectivity index (χ2v) is 3.22. The number of hydrogen-bond donors (Lipinski definition) is 0. The number of likely N-dealkylation sites (tertiary alicyclic amines) is 1. The summed E-state index contributed by atoms with van der Waals surface area (Å²) in [6.07, 6.45) is 9.82. The van der Waals surface area contributed by atoms with Crippen LogP contribution in [0.3, 0.4) is 0 Å². The first-order valence-electron chi connectivity index (χ1n) is 4.81. The Balaban J connectivity index is 1.97. The summed E-state index contributed by atoms with van der Waals surface area (Å²) >= 11 is 0. The molecule has 0 saturated carbocycles. The molecule has 0 unspecified atom stereocenters. The Morgan fingerprint density at radius 1 is 1.18 bits per heavy atom. The van der Waals surface area contributed by atoms with Gasteiger partial charge in [0.2, 0.25) is 0 Å². The van der Waals surface area contributed by atoms with Gasteiger partial charge in [-0.3, -0.25) is 0 Å². The largest absolute Gasteiger partial charge is 0.303 e. The first-order chi connectivity index (χ1) is 5.43. The molecule has 1 heterocycles. The topological polar surface area (TPSA) is 3.24 Å². The van der Waals surface area contributed by atoms with Crippen molar-refractivity contribution in [1.82, 2.24) is 4.90 Å². The van der Waals surface area contributed by atoms with E-state index in [1.807, 2.05) is 0 Å². The summed E-state index contributed by atoms with van der Waals surface area (Å²) in [5.74, 6) is 0. The minimum atomic E-state index is 1.18. The predicted octanol–water partition coefficient (Wildman–Crippen LogP) is 2.44. The molecule has 64 valence electrons. The van der Waals surface area contributed by atoms with Gasteiger partial charge in [-0.25, -0.2) is 0 Å². The van der Waals surface area contributed by atoms with E-state index in [9.17, 15) is 0 Å². The van der Waals surface area contributed by atoms with Crippen LogP contribution in [0.1, 0.15) is 32.6 Å². The molecule has 0 amide bonds. The summed E-state index contributed by atoms with van der Waals surface area (Å²) < 4.78 is 0. The molecule has 1 aliphatic rings. The highest BCUT2D eigenvalue weighted by Gasteiger charge is 2.08. The summed E-state index contributed by atoms with van der Waals surface area (Å²) in [4.78, 5) is 2.56. The van der Waals surface area contributed by atoms with Crippen molar-refractivity contribution in [2.75, 3.05) is 19.6 Å². The molecule has 1 fully saturated rings. The van der Waals surface area contributed by atoms with Gasteiger partial charge in [0.25, 0.3) is 0 Å². The molecule has 0 aromatic carbocycles. The highest BCUT2D eigenvalue weighted by atomic mass is 15.1. The van der Waals surface area contributed by atoms with Crippen LogP contribution in [0.25, 0.3) is 0 Å². The first-order valence-corrected chi connectivity index (χ1v) is 4.81. The van der Waals surface area contributed by atoms with E-state index in [0.717, 1.165) is 0 Å². The standard InChI is InChI=1S/C10H19N/c1-2-3-4-5-8-11-9-6-7-10-11/h3-4H,2,5-10H2,1H3. The minimum Gasteiger partial charge on any atom is -0.303 e. The zero-order valence-corrected chi connectivity index (χ0v) is 7.55. The Kier molecular flexibility index (Phi) is 4.29. The Bertz CT molecular complexity index is 112. The Hall–Kier alpha value is -0.300. The molecule has 0 atom stereocenters. The third-order valence-corrected chi connectivity index (χ3v) is 2.21. The van der Waals surface area contributed by atoms with E-state index in [4.69, 9.17) is 0 Å². The van der Waals surface area contributed by atoms with Gasteiger partial charge in [-0.2, -0.15) is 0 Å². The fourth-order valence-corrected chi connectivity index (χ4v) is 1.55. The summed E-state index contributed by atoms with van der Waals surface area (Å²) in [6.45, 7) is 6.13. The minimum absolute atomic E-state index is 1.18. The maximum absolute atomic E-state index is 2.56. The van der Waals surface area contributed by atoms with Gasteiger partial charge in [0, 0.05) is 6.54 Å². The molecule has 0 aromatic heterocycles. The molecule has 1 saturated heterocycles. The van der Waals surface area contributed by atoms with E-state index < -0.39 is 0 Å². The van der Waals surface area contributed by atoms with Crippen LogP contribution >= 0.6 is 0 Å². The van der Waals surface area contributed by atoms with Crippen molar-refractivity contribution in [3.63, 3.8) is 0 Å². The Labute approximate surface area is 70.1 Å². The Morgan fingerprint density at radius 3 is 2.55 bits per heavy atom. The van der Waals surface area contributed by atoms with Gasteiger partial charge in [0.1, 0.15) is 0 Å². The molecule has 1 nitrogen and oxygen atoms in total. The second kappa shape index (κ2) is 5.36. The van der Waals surface area contributed by atoms with Crippen LogP contribution in [0.5, 0.6) is 0 Å². The molecule has 1 rings (SSSR count). The maximum Gasteiger partial charge on any atom is 0.00159 e. The predicted molar refractivity (Wildman–Crippen MR) is 49.7 cm³/mol. The van der Waals surface area contributed by atoms with Crippen LogP contribution in [-0.2, 0) is 0 Å². The van der Waals surface area contributed by atoms with Gasteiger partial charge >= 0.3 is 0 Å². The van der Waals surface area contributed by atoms with E-state index >= 15 is 0 Å². The molecule has 0 spiro atoms. The molecular formula is C10H19N. The molecule has 0 N–H and O–H groups in total. The molecular weight excluding hydrogens is 134 g/mol. The average molecular weight is 153 g/mol. The normalized spacial score (nSPS) is 20.1. The van der Waals surface area contributed by atoms with Crippen molar-refractivity contribution < 1.29 is 0 Å². The molecule has 1 heteroatoms. The Morgan fingerprint density at radius 2 is 1.91 bits per heavy atom. The molecule has 0 radical (unpaired) electrons. The van der Waals surface area contributed by atoms with Crippen molar-refractivity contribution in [2.45, 2.75) is 32.6 Å². The number of rotatable bonds is 4. The van der Waals surface area contributed by atoms with Gasteiger partial charge < -0.3 is 4.90 Å². The van der Waals surface area contributed by atoms with Gasteiger partial charge in [0.15, 0.2) is 0 Å². The quantitative estimate of drug-likeness (QED) is 0.561. The fraction of sp³-hybridized carbons (Fsp3) is 0.800. The lowest BCUT2D eigenvalue weighted by Crippen LogP contribution is -2.19. The average Bonchev–Trinajstić information content (AvgIpc) is 2.50. The third-order valence-electron chi connectivity index (χ3n) is 2.21. The second-order valence-electron chi connectivity index (χ2n) is 3.22. The summed E-state index contributed by atoms with van der Waals surface area (Å²) in [6, 6.07) is 0. The van der Waals surface area contributed by atoms with E-state index in [0.29, 0.717) is 0 Å². The van der Waals surface area contributed by atoms with Crippen molar-refractivity contribution in [2.24, 2.45) is 0 Å². The van der Waals surface area contributed by atoms with Gasteiger partial charge in [-0.1, -0.05) is 19.1 Å². The zero-order chi connectivity index (χ0) is 7.94. The number of nitrogens with zero attached hydrogens (tertiary/aromatic N) is 1. The van der Waals surface area contributed by atoms with Crippen molar-refractivity contribution in [3.05, 3.63) is 12.2 Å². The van der Waals surface area contributed by atoms with E-state index in [-0.39, 0.29) is 0 Å². The van der Waals surface area contributed by atoms with E-state index in [2.05, 4.69) is 24.0 Å². The van der Waals surface area contributed by atoms with Crippen LogP contribution in [0.15, 0.2) is 12.2 Å². The third kappa shape index (κ3) is 3.57. The van der Waals surface area contributed by atoms with Crippen molar-refractivity contribution in [3.8, 4) is 0 Å². The molecule has 11 heavy (non-hydrogen) atoms. The smallest absolute Gasteiger partial charge is 0.00159 e. The van der Waals surface area contributed by atoms with Crippen LogP contribution in [-0.4, -0.2) is 24.5 Å². The van der Waals surface area contributed by atoms with Gasteiger partial charge in [0.05, 0.1) is 0 Å². The monoisotopic (exact) mass is 153 g/mol. The maximum atomic E-state index is 2.56. The molecule has 0 bridgehead atoms. The van der Waals surface area contributed by atoms with Crippen LogP contribution < -0.4 is 0 Å². The summed E-state index contributed by atoms with van der Waals surface area (Å²) in [5.41, 5.74) is 0. The fourth-order valence-electron chi connectivity index (χ4n) is 1.55. The van der Waals surface area contributed by atoms with Crippen LogP contribution in [0.4, 0.5) is 0 Å². The lowest BCUT2D eigenvalue weighted by Gasteiger charge is -2.11. The first kappa shape index (κ1) is 8.79. The van der Waals surface area contributed by atoms with Gasteiger partial charge in [-0.05, 0) is 38.8 Å². The van der Waals surface area contributed by atoms with E-state index in [1.165, 1.54) is 45.3 Å². The lowest BCUT2D eigenvalue weighted by molar-refractivity contribution is 0.346. The SMILES string of the molecule is CCC=CCCN1CCCC1. The summed E-state index contributed by atoms with van der Waals surface area (Å²) in [7, 11) is 0. The highest BCUT2D eigenvalue weighted by molar-refractivity contribution is 4.81. The molecule has 0 aliphatic carbocycles. The lowest BCUT2D eigenvalue weighted by atomic mass is 10.3. The van der Waals surface area contributed by atoms with E-state index in [1.54, 1.807) is 0 Å². The summed E-state index contributed by atoms with van der Waals surface area (Å²) in [5, 5.41) is 0. The molecule has 0 aromatic rings. The van der Waals surface area contributed by atoms with Gasteiger partial charge in [-0.15, -0.1) is 0 Å². The molecule has 1 aliphatic heterocycles. The van der Waals surface area contributed by atoms with Crippen molar-refractivity contribution >= 4 is 0 Å². The number of allylic oxidation sites excluding steroid dienone is 1. The highest BCUT2D eigenvalue weighted by Crippen LogP contribution is 2.07.